The number of hydrogen-bond donors (Lipinski definition) is 3. The van der Waals surface area contributed by atoms with Gasteiger partial charge in [0.2, 0.25) is 5.82 Å². The van der Waals surface area contributed by atoms with E-state index in [0.717, 1.165) is 12.1 Å². The lowest BCUT2D eigenvalue weighted by atomic mass is 10.1. The summed E-state index contributed by atoms with van der Waals surface area (Å²) in [5, 5.41) is 8.51. The van der Waals surface area contributed by atoms with Gasteiger partial charge in [0.05, 0.1) is 22.5 Å². The first-order chi connectivity index (χ1) is 20.3. The minimum Gasteiger partial charge on any atom is -0.444 e. The predicted octanol–water partition coefficient (Wildman–Crippen LogP) is 6.32. The molecule has 10 nitrogen and oxygen atoms in total. The van der Waals surface area contributed by atoms with E-state index < -0.39 is 41.6 Å². The van der Waals surface area contributed by atoms with Crippen LogP contribution in [0.3, 0.4) is 0 Å². The highest BCUT2D eigenvalue weighted by Crippen LogP contribution is 2.32. The number of imidazole rings is 1. The van der Waals surface area contributed by atoms with E-state index in [9.17, 15) is 27.2 Å². The summed E-state index contributed by atoms with van der Waals surface area (Å²) in [5.74, 6) is -4.04. The van der Waals surface area contributed by atoms with Gasteiger partial charge in [-0.2, -0.15) is 13.2 Å². The number of ether oxygens (including phenoxy) is 2. The Kier molecular flexibility index (Phi) is 9.59. The summed E-state index contributed by atoms with van der Waals surface area (Å²) >= 11 is 6.36. The van der Waals surface area contributed by atoms with E-state index in [0.29, 0.717) is 18.7 Å². The minimum atomic E-state index is -3.31. The molecule has 2 amide bonds. The molecule has 0 bridgehead atoms. The number of fused-ring (bicyclic) bond motifs is 1. The maximum Gasteiger partial charge on any atom is 0.407 e. The number of amides is 2. The second-order valence-electron chi connectivity index (χ2n) is 10.1. The van der Waals surface area contributed by atoms with Gasteiger partial charge in [-0.3, -0.25) is 9.20 Å². The van der Waals surface area contributed by atoms with E-state index in [4.69, 9.17) is 16.3 Å². The highest BCUT2D eigenvalue weighted by molar-refractivity contribution is 6.34. The molecule has 0 saturated heterocycles. The molecule has 0 saturated carbocycles. The van der Waals surface area contributed by atoms with Crippen LogP contribution in [0.15, 0.2) is 48.9 Å². The second-order valence-corrected chi connectivity index (χ2v) is 10.5. The SMILES string of the molecule is CC(C)(C)OC(=O)NCCCNC(=O)c1ccc(Nc2nccn3c(-c4ccc(OC(F)F)c(F)c4F)cnc23)cc1Cl. The van der Waals surface area contributed by atoms with Gasteiger partial charge in [-0.1, -0.05) is 11.6 Å². The van der Waals surface area contributed by atoms with Crippen LogP contribution in [0.5, 0.6) is 5.75 Å². The number of hydrogen-bond acceptors (Lipinski definition) is 7. The maximum absolute atomic E-state index is 14.8. The third kappa shape index (κ3) is 7.83. The molecule has 0 fully saturated rings. The molecule has 0 aliphatic rings. The van der Waals surface area contributed by atoms with Crippen molar-refractivity contribution in [2.45, 2.75) is 39.4 Å². The van der Waals surface area contributed by atoms with Crippen LogP contribution in [0.4, 0.5) is 33.9 Å². The van der Waals surface area contributed by atoms with E-state index in [-0.39, 0.29) is 39.9 Å². The van der Waals surface area contributed by atoms with Crippen molar-refractivity contribution in [2.24, 2.45) is 0 Å². The van der Waals surface area contributed by atoms with Crippen LogP contribution in [-0.4, -0.2) is 51.7 Å². The molecule has 4 aromatic rings. The van der Waals surface area contributed by atoms with E-state index in [1.807, 2.05) is 0 Å². The molecule has 0 atom stereocenters. The van der Waals surface area contributed by atoms with Gasteiger partial charge in [0.25, 0.3) is 5.91 Å². The third-order valence-electron chi connectivity index (χ3n) is 5.75. The quantitative estimate of drug-likeness (QED) is 0.140. The van der Waals surface area contributed by atoms with Gasteiger partial charge in [0, 0.05) is 36.7 Å². The average Bonchev–Trinajstić information content (AvgIpc) is 3.35. The molecule has 228 valence electrons. The summed E-state index contributed by atoms with van der Waals surface area (Å²) in [5.41, 5.74) is 0.209. The molecule has 0 aliphatic heterocycles. The first-order valence-electron chi connectivity index (χ1n) is 12.9. The van der Waals surface area contributed by atoms with Crippen LogP contribution >= 0.6 is 11.6 Å². The number of anilines is 2. The fourth-order valence-electron chi connectivity index (χ4n) is 3.93. The number of carbonyl (C=O) groups is 2. The first-order valence-corrected chi connectivity index (χ1v) is 13.3. The fourth-order valence-corrected chi connectivity index (χ4v) is 4.19. The molecule has 2 heterocycles. The molecule has 2 aromatic heterocycles. The summed E-state index contributed by atoms with van der Waals surface area (Å²) in [6.07, 6.45) is 4.06. The highest BCUT2D eigenvalue weighted by atomic mass is 35.5. The van der Waals surface area contributed by atoms with Crippen molar-refractivity contribution in [1.29, 1.82) is 0 Å². The molecule has 0 aliphatic carbocycles. The van der Waals surface area contributed by atoms with Gasteiger partial charge in [0.1, 0.15) is 5.60 Å². The summed E-state index contributed by atoms with van der Waals surface area (Å²) in [4.78, 5) is 32.8. The smallest absolute Gasteiger partial charge is 0.407 e. The molecule has 3 N–H and O–H groups in total. The molecule has 0 spiro atoms. The van der Waals surface area contributed by atoms with Crippen LogP contribution in [0.2, 0.25) is 5.02 Å². The number of nitrogens with zero attached hydrogens (tertiary/aromatic N) is 3. The van der Waals surface area contributed by atoms with E-state index >= 15 is 0 Å². The van der Waals surface area contributed by atoms with Crippen LogP contribution in [0.1, 0.15) is 37.6 Å². The highest BCUT2D eigenvalue weighted by Gasteiger charge is 2.21. The fraction of sp³-hybridized carbons (Fsp3) is 0.286. The molecule has 15 heteroatoms. The number of halogens is 5. The lowest BCUT2D eigenvalue weighted by Gasteiger charge is -2.19. The number of rotatable bonds is 10. The number of alkyl halides is 2. The van der Waals surface area contributed by atoms with Gasteiger partial charge >= 0.3 is 12.7 Å². The maximum atomic E-state index is 14.8. The molecular weight excluding hydrogens is 596 g/mol. The number of aromatic nitrogens is 3. The van der Waals surface area contributed by atoms with Crippen LogP contribution in [0, 0.1) is 11.6 Å². The summed E-state index contributed by atoms with van der Waals surface area (Å²) in [6.45, 7) is 2.55. The lowest BCUT2D eigenvalue weighted by molar-refractivity contribution is -0.0525. The number of benzene rings is 2. The number of alkyl carbamates (subject to hydrolysis) is 1. The van der Waals surface area contributed by atoms with Crippen molar-refractivity contribution in [2.75, 3.05) is 18.4 Å². The Morgan fingerprint density at radius 3 is 2.49 bits per heavy atom. The van der Waals surface area contributed by atoms with Gasteiger partial charge in [-0.15, -0.1) is 0 Å². The zero-order valence-corrected chi connectivity index (χ0v) is 23.9. The largest absolute Gasteiger partial charge is 0.444 e. The molecule has 2 aromatic carbocycles. The van der Waals surface area contributed by atoms with E-state index in [1.54, 1.807) is 26.8 Å². The Bertz CT molecular complexity index is 1640. The van der Waals surface area contributed by atoms with E-state index in [1.165, 1.54) is 35.1 Å². The zero-order valence-electron chi connectivity index (χ0n) is 23.2. The monoisotopic (exact) mass is 622 g/mol. The molecular formula is C28H27ClF4N6O4. The van der Waals surface area contributed by atoms with Crippen molar-refractivity contribution in [1.82, 2.24) is 25.0 Å². The summed E-state index contributed by atoms with van der Waals surface area (Å²) in [7, 11) is 0. The normalized spacial score (nSPS) is 11.5. The van der Waals surface area contributed by atoms with Gasteiger partial charge in [-0.25, -0.2) is 19.2 Å². The molecule has 0 radical (unpaired) electrons. The summed E-state index contributed by atoms with van der Waals surface area (Å²) < 4.78 is 64.6. The van der Waals surface area contributed by atoms with Gasteiger partial charge in [0.15, 0.2) is 23.0 Å². The molecule has 43 heavy (non-hydrogen) atoms. The Balaban J connectivity index is 1.42. The van der Waals surface area contributed by atoms with Crippen LogP contribution < -0.4 is 20.7 Å². The van der Waals surface area contributed by atoms with Crippen molar-refractivity contribution in [3.8, 4) is 17.0 Å². The van der Waals surface area contributed by atoms with Crippen molar-refractivity contribution < 1.29 is 36.6 Å². The minimum absolute atomic E-state index is 0.131. The van der Waals surface area contributed by atoms with Gasteiger partial charge in [-0.05, 0) is 57.5 Å². The lowest BCUT2D eigenvalue weighted by Crippen LogP contribution is -2.34. The Hall–Kier alpha value is -4.59. The average molecular weight is 623 g/mol. The molecule has 4 rings (SSSR count). The van der Waals surface area contributed by atoms with Crippen molar-refractivity contribution in [3.05, 3.63) is 71.1 Å². The van der Waals surface area contributed by atoms with Crippen molar-refractivity contribution >= 4 is 40.8 Å². The third-order valence-corrected chi connectivity index (χ3v) is 6.06. The Labute approximate surface area is 248 Å². The number of carbonyl (C=O) groups excluding carboxylic acids is 2. The molecule has 0 unspecified atom stereocenters. The zero-order chi connectivity index (χ0) is 31.3. The van der Waals surface area contributed by atoms with Crippen LogP contribution in [0.25, 0.3) is 16.9 Å². The number of nitrogens with one attached hydrogen (secondary N) is 3. The topological polar surface area (TPSA) is 119 Å². The second kappa shape index (κ2) is 13.2. The Morgan fingerprint density at radius 1 is 1.05 bits per heavy atom. The predicted molar refractivity (Wildman–Crippen MR) is 151 cm³/mol. The Morgan fingerprint density at radius 2 is 1.79 bits per heavy atom. The first kappa shape index (κ1) is 31.3. The van der Waals surface area contributed by atoms with Crippen molar-refractivity contribution in [3.63, 3.8) is 0 Å². The van der Waals surface area contributed by atoms with Crippen LogP contribution in [-0.2, 0) is 4.74 Å². The standard InChI is InChI=1S/C28H27ClF4N6O4/c1-28(2,3)43-27(41)36-10-4-9-35-25(40)16-6-5-15(13-18(16)29)38-23-24-37-14-19(39(24)12-11-34-23)17-7-8-20(42-26(32)33)22(31)21(17)30/h5-8,11-14,26H,4,9-10H2,1-3H3,(H,34,38)(H,35,40)(H,36,41). The van der Waals surface area contributed by atoms with E-state index in [2.05, 4.69) is 30.7 Å². The summed E-state index contributed by atoms with van der Waals surface area (Å²) in [6, 6.07) is 6.62. The van der Waals surface area contributed by atoms with Gasteiger partial charge < -0.3 is 25.4 Å².